The highest BCUT2D eigenvalue weighted by atomic mass is 16.1. The minimum atomic E-state index is 0.0294. The number of hydrogen-bond donors (Lipinski definition) is 1. The molecule has 0 saturated carbocycles. The van der Waals surface area contributed by atoms with Gasteiger partial charge in [0, 0.05) is 11.3 Å². The largest absolute Gasteiger partial charge is 0.399 e. The van der Waals surface area contributed by atoms with Crippen LogP contribution in [0, 0.1) is 6.92 Å². The van der Waals surface area contributed by atoms with Gasteiger partial charge in [-0.05, 0) is 26.0 Å². The zero-order valence-corrected chi connectivity index (χ0v) is 11.9. The summed E-state index contributed by atoms with van der Waals surface area (Å²) in [5.41, 5.74) is 8.86. The summed E-state index contributed by atoms with van der Waals surface area (Å²) < 4.78 is 1.60. The van der Waals surface area contributed by atoms with Crippen molar-refractivity contribution >= 4 is 22.5 Å². The molecule has 0 atom stereocenters. The van der Waals surface area contributed by atoms with Crippen molar-refractivity contribution in [3.05, 3.63) is 36.3 Å². The average Bonchev–Trinajstić information content (AvgIpc) is 2.80. The number of carbonyl (C=O) groups excluding carboxylic acids is 1. The molecule has 3 rings (SSSR count). The molecule has 1 aromatic carbocycles. The second kappa shape index (κ2) is 4.97. The number of nitrogen functional groups attached to an aromatic ring is 1. The zero-order chi connectivity index (χ0) is 15.0. The molecule has 0 aliphatic heterocycles. The van der Waals surface area contributed by atoms with E-state index < -0.39 is 0 Å². The van der Waals surface area contributed by atoms with E-state index in [1.54, 1.807) is 10.9 Å². The molecule has 0 unspecified atom stereocenters. The molecule has 0 saturated heterocycles. The number of nitrogens with two attached hydrogens (primary N) is 1. The van der Waals surface area contributed by atoms with Crippen LogP contribution in [0.15, 0.2) is 30.5 Å². The standard InChI is InChI=1S/C15H15N5O/c1-9(21)8-20-15-13(7-17-20)14(18-10(2)19-15)11-4-3-5-12(16)6-11/h3-7H,8,16H2,1-2H3. The first-order chi connectivity index (χ1) is 10.0. The number of aromatic nitrogens is 4. The van der Waals surface area contributed by atoms with E-state index in [9.17, 15) is 4.79 Å². The molecule has 0 spiro atoms. The average molecular weight is 281 g/mol. The Morgan fingerprint density at radius 3 is 2.86 bits per heavy atom. The van der Waals surface area contributed by atoms with Crippen LogP contribution in [-0.4, -0.2) is 25.5 Å². The quantitative estimate of drug-likeness (QED) is 0.742. The number of carbonyl (C=O) groups is 1. The van der Waals surface area contributed by atoms with Gasteiger partial charge < -0.3 is 5.73 Å². The summed E-state index contributed by atoms with van der Waals surface area (Å²) in [5, 5.41) is 5.06. The smallest absolute Gasteiger partial charge is 0.162 e. The van der Waals surface area contributed by atoms with Crippen LogP contribution in [0.5, 0.6) is 0 Å². The molecule has 21 heavy (non-hydrogen) atoms. The van der Waals surface area contributed by atoms with E-state index in [-0.39, 0.29) is 12.3 Å². The Hall–Kier alpha value is -2.76. The number of benzene rings is 1. The van der Waals surface area contributed by atoms with E-state index >= 15 is 0 Å². The van der Waals surface area contributed by atoms with E-state index in [2.05, 4.69) is 15.1 Å². The summed E-state index contributed by atoms with van der Waals surface area (Å²) in [4.78, 5) is 20.2. The molecule has 6 heteroatoms. The number of ketones is 1. The summed E-state index contributed by atoms with van der Waals surface area (Å²) in [6.45, 7) is 3.55. The molecule has 2 heterocycles. The van der Waals surface area contributed by atoms with Crippen molar-refractivity contribution < 1.29 is 4.79 Å². The zero-order valence-electron chi connectivity index (χ0n) is 11.9. The van der Waals surface area contributed by atoms with E-state index in [4.69, 9.17) is 5.73 Å². The van der Waals surface area contributed by atoms with Crippen molar-refractivity contribution in [2.75, 3.05) is 5.73 Å². The van der Waals surface area contributed by atoms with Gasteiger partial charge >= 0.3 is 0 Å². The topological polar surface area (TPSA) is 86.7 Å². The third kappa shape index (κ3) is 2.47. The molecule has 106 valence electrons. The lowest BCUT2D eigenvalue weighted by molar-refractivity contribution is -0.117. The fraction of sp³-hybridized carbons (Fsp3) is 0.200. The summed E-state index contributed by atoms with van der Waals surface area (Å²) in [6, 6.07) is 7.52. The summed E-state index contributed by atoms with van der Waals surface area (Å²) >= 11 is 0. The van der Waals surface area contributed by atoms with Crippen molar-refractivity contribution in [2.45, 2.75) is 20.4 Å². The summed E-state index contributed by atoms with van der Waals surface area (Å²) in [7, 11) is 0. The maximum Gasteiger partial charge on any atom is 0.162 e. The predicted octanol–water partition coefficient (Wildman–Crippen LogP) is 1.97. The lowest BCUT2D eigenvalue weighted by Gasteiger charge is -2.06. The highest BCUT2D eigenvalue weighted by Crippen LogP contribution is 2.27. The maximum atomic E-state index is 11.3. The lowest BCUT2D eigenvalue weighted by Crippen LogP contribution is -2.08. The highest BCUT2D eigenvalue weighted by molar-refractivity contribution is 5.91. The van der Waals surface area contributed by atoms with Crippen LogP contribution in [0.3, 0.4) is 0 Å². The van der Waals surface area contributed by atoms with Gasteiger partial charge in [-0.2, -0.15) is 5.10 Å². The Kier molecular flexibility index (Phi) is 3.13. The van der Waals surface area contributed by atoms with Crippen molar-refractivity contribution in [3.8, 4) is 11.3 Å². The van der Waals surface area contributed by atoms with Gasteiger partial charge in [-0.25, -0.2) is 14.6 Å². The molecule has 0 aliphatic carbocycles. The van der Waals surface area contributed by atoms with Crippen LogP contribution in [0.1, 0.15) is 12.7 Å². The Labute approximate surface area is 121 Å². The second-order valence-corrected chi connectivity index (χ2v) is 4.99. The number of fused-ring (bicyclic) bond motifs is 1. The van der Waals surface area contributed by atoms with Crippen LogP contribution in [0.4, 0.5) is 5.69 Å². The molecule has 0 aliphatic rings. The molecular weight excluding hydrogens is 266 g/mol. The summed E-state index contributed by atoms with van der Waals surface area (Å²) in [6.07, 6.45) is 1.69. The van der Waals surface area contributed by atoms with Gasteiger partial charge in [0.15, 0.2) is 11.4 Å². The van der Waals surface area contributed by atoms with E-state index in [0.717, 1.165) is 16.6 Å². The Morgan fingerprint density at radius 1 is 1.33 bits per heavy atom. The SMILES string of the molecule is CC(=O)Cn1ncc2c(-c3cccc(N)c3)nc(C)nc21. The second-order valence-electron chi connectivity index (χ2n) is 4.99. The molecule has 2 N–H and O–H groups in total. The number of Topliss-reactive ketones (excluding diaryl/α,β-unsaturated/α-hetero) is 1. The normalized spacial score (nSPS) is 11.0. The van der Waals surface area contributed by atoms with Gasteiger partial charge in [0.25, 0.3) is 0 Å². The molecule has 0 fully saturated rings. The van der Waals surface area contributed by atoms with Crippen LogP contribution in [0.2, 0.25) is 0 Å². The molecule has 2 aromatic heterocycles. The van der Waals surface area contributed by atoms with Gasteiger partial charge in [0.05, 0.1) is 17.3 Å². The number of aryl methyl sites for hydroxylation is 1. The molecule has 0 amide bonds. The Morgan fingerprint density at radius 2 is 2.14 bits per heavy atom. The third-order valence-corrected chi connectivity index (χ3v) is 3.14. The minimum Gasteiger partial charge on any atom is -0.399 e. The van der Waals surface area contributed by atoms with Gasteiger partial charge in [-0.1, -0.05) is 12.1 Å². The summed E-state index contributed by atoms with van der Waals surface area (Å²) in [5.74, 6) is 0.659. The van der Waals surface area contributed by atoms with Crippen molar-refractivity contribution in [2.24, 2.45) is 0 Å². The van der Waals surface area contributed by atoms with Crippen LogP contribution in [-0.2, 0) is 11.3 Å². The predicted molar refractivity (Wildman–Crippen MR) is 80.6 cm³/mol. The fourth-order valence-electron chi connectivity index (χ4n) is 2.30. The van der Waals surface area contributed by atoms with E-state index in [1.807, 2.05) is 31.2 Å². The highest BCUT2D eigenvalue weighted by Gasteiger charge is 2.14. The van der Waals surface area contributed by atoms with Crippen molar-refractivity contribution in [3.63, 3.8) is 0 Å². The molecular formula is C15H15N5O. The molecule has 3 aromatic rings. The van der Waals surface area contributed by atoms with Crippen LogP contribution < -0.4 is 5.73 Å². The maximum absolute atomic E-state index is 11.3. The van der Waals surface area contributed by atoms with Gasteiger partial charge in [-0.3, -0.25) is 4.79 Å². The van der Waals surface area contributed by atoms with E-state index in [1.165, 1.54) is 6.92 Å². The van der Waals surface area contributed by atoms with Crippen molar-refractivity contribution in [1.29, 1.82) is 0 Å². The third-order valence-electron chi connectivity index (χ3n) is 3.14. The number of nitrogens with zero attached hydrogens (tertiary/aromatic N) is 4. The first kappa shape index (κ1) is 13.2. The number of rotatable bonds is 3. The molecule has 6 nitrogen and oxygen atoms in total. The molecule has 0 radical (unpaired) electrons. The number of hydrogen-bond acceptors (Lipinski definition) is 5. The molecule has 0 bridgehead atoms. The van der Waals surface area contributed by atoms with Gasteiger partial charge in [-0.15, -0.1) is 0 Å². The number of anilines is 1. The van der Waals surface area contributed by atoms with E-state index in [0.29, 0.717) is 17.2 Å². The monoisotopic (exact) mass is 281 g/mol. The first-order valence-corrected chi connectivity index (χ1v) is 6.60. The van der Waals surface area contributed by atoms with Gasteiger partial charge in [0.2, 0.25) is 0 Å². The fourth-order valence-corrected chi connectivity index (χ4v) is 2.30. The Bertz CT molecular complexity index is 837. The van der Waals surface area contributed by atoms with Crippen LogP contribution in [0.25, 0.3) is 22.3 Å². The van der Waals surface area contributed by atoms with Crippen LogP contribution >= 0.6 is 0 Å². The lowest BCUT2D eigenvalue weighted by atomic mass is 10.1. The van der Waals surface area contributed by atoms with Crippen molar-refractivity contribution in [1.82, 2.24) is 19.7 Å². The Balaban J connectivity index is 2.24. The minimum absolute atomic E-state index is 0.0294. The first-order valence-electron chi connectivity index (χ1n) is 6.60. The van der Waals surface area contributed by atoms with Gasteiger partial charge in [0.1, 0.15) is 12.4 Å².